The number of carboxylic acid groups (broad SMARTS) is 1. The lowest BCUT2D eigenvalue weighted by atomic mass is 9.96. The number of rotatable bonds is 7. The molecule has 0 radical (unpaired) electrons. The first kappa shape index (κ1) is 24.6. The third-order valence-electron chi connectivity index (χ3n) is 6.34. The third kappa shape index (κ3) is 5.39. The minimum atomic E-state index is -1.01. The van der Waals surface area contributed by atoms with Crippen LogP contribution in [0.15, 0.2) is 94.6 Å². The van der Waals surface area contributed by atoms with Crippen molar-refractivity contribution in [2.24, 2.45) is 5.10 Å². The summed E-state index contributed by atoms with van der Waals surface area (Å²) in [5.74, 6) is -1.33. The van der Waals surface area contributed by atoms with Crippen LogP contribution in [0.3, 0.4) is 0 Å². The highest BCUT2D eigenvalue weighted by atomic mass is 79.9. The second-order valence-corrected chi connectivity index (χ2v) is 9.90. The number of aryl methyl sites for hydroxylation is 1. The fourth-order valence-electron chi connectivity index (χ4n) is 4.40. The van der Waals surface area contributed by atoms with E-state index in [0.717, 1.165) is 43.8 Å². The molecular weight excluding hydrogens is 532 g/mol. The molecule has 8 heteroatoms. The van der Waals surface area contributed by atoms with Gasteiger partial charge in [0.2, 0.25) is 5.91 Å². The standard InChI is InChI=1S/C29H25BrN4O3/c1-19-7-9-21(10-8-19)29-24(18-33(32-29)23-5-3-2-4-6-23)25-17-26(20-11-13-22(30)14-12-20)34(31-25)27(35)15-16-28(36)37/h2-14,18,26H,15-17H2,1H3,(H,36,37). The van der Waals surface area contributed by atoms with Gasteiger partial charge in [0.05, 0.1) is 23.9 Å². The smallest absolute Gasteiger partial charge is 0.303 e. The topological polar surface area (TPSA) is 87.8 Å². The molecule has 1 unspecified atom stereocenters. The number of hydrazone groups is 1. The molecular formula is C29H25BrN4O3. The summed E-state index contributed by atoms with van der Waals surface area (Å²) in [5.41, 5.74) is 6.29. The van der Waals surface area contributed by atoms with Crippen LogP contribution >= 0.6 is 15.9 Å². The largest absolute Gasteiger partial charge is 0.481 e. The Labute approximate surface area is 223 Å². The number of carboxylic acids is 1. The van der Waals surface area contributed by atoms with Crippen molar-refractivity contribution in [1.29, 1.82) is 0 Å². The highest BCUT2D eigenvalue weighted by Crippen LogP contribution is 2.36. The second-order valence-electron chi connectivity index (χ2n) is 8.99. The number of aromatic nitrogens is 2. The molecule has 0 fully saturated rings. The average Bonchev–Trinajstić information content (AvgIpc) is 3.54. The van der Waals surface area contributed by atoms with Crippen molar-refractivity contribution in [3.8, 4) is 16.9 Å². The lowest BCUT2D eigenvalue weighted by molar-refractivity contribution is -0.141. The summed E-state index contributed by atoms with van der Waals surface area (Å²) in [5, 5.41) is 20.2. The number of carbonyl (C=O) groups is 2. The summed E-state index contributed by atoms with van der Waals surface area (Å²) >= 11 is 3.47. The Kier molecular flexibility index (Phi) is 7.01. The molecule has 1 aliphatic rings. The molecule has 3 aromatic carbocycles. The van der Waals surface area contributed by atoms with E-state index in [-0.39, 0.29) is 24.8 Å². The van der Waals surface area contributed by atoms with Crippen LogP contribution in [0.5, 0.6) is 0 Å². The first-order valence-electron chi connectivity index (χ1n) is 12.0. The molecule has 7 nitrogen and oxygen atoms in total. The van der Waals surface area contributed by atoms with Crippen molar-refractivity contribution in [1.82, 2.24) is 14.8 Å². The summed E-state index contributed by atoms with van der Waals surface area (Å²) in [7, 11) is 0. The van der Waals surface area contributed by atoms with Crippen LogP contribution in [-0.4, -0.2) is 37.5 Å². The maximum Gasteiger partial charge on any atom is 0.303 e. The van der Waals surface area contributed by atoms with Crippen LogP contribution in [0.25, 0.3) is 16.9 Å². The first-order chi connectivity index (χ1) is 17.9. The van der Waals surface area contributed by atoms with Crippen LogP contribution in [-0.2, 0) is 9.59 Å². The maximum absolute atomic E-state index is 13.1. The lowest BCUT2D eigenvalue weighted by Crippen LogP contribution is -2.27. The lowest BCUT2D eigenvalue weighted by Gasteiger charge is -2.22. The molecule has 1 N–H and O–H groups in total. The number of amides is 1. The van der Waals surface area contributed by atoms with Crippen molar-refractivity contribution < 1.29 is 14.7 Å². The van der Waals surface area contributed by atoms with E-state index in [2.05, 4.69) is 15.9 Å². The van der Waals surface area contributed by atoms with Crippen LogP contribution in [0, 0.1) is 6.92 Å². The highest BCUT2D eigenvalue weighted by molar-refractivity contribution is 9.10. The molecule has 0 saturated heterocycles. The first-order valence-corrected chi connectivity index (χ1v) is 12.8. The van der Waals surface area contributed by atoms with Gasteiger partial charge < -0.3 is 5.11 Å². The summed E-state index contributed by atoms with van der Waals surface area (Å²) in [6, 6.07) is 25.4. The Morgan fingerprint density at radius 2 is 1.68 bits per heavy atom. The average molecular weight is 557 g/mol. The third-order valence-corrected chi connectivity index (χ3v) is 6.87. The molecule has 186 valence electrons. The van der Waals surface area contributed by atoms with E-state index in [9.17, 15) is 9.59 Å². The van der Waals surface area contributed by atoms with Gasteiger partial charge in [-0.2, -0.15) is 10.2 Å². The van der Waals surface area contributed by atoms with Crippen LogP contribution < -0.4 is 0 Å². The summed E-state index contributed by atoms with van der Waals surface area (Å²) in [6.07, 6.45) is 2.08. The summed E-state index contributed by atoms with van der Waals surface area (Å²) < 4.78 is 2.77. The molecule has 0 spiro atoms. The van der Waals surface area contributed by atoms with Gasteiger partial charge in [0.25, 0.3) is 0 Å². The maximum atomic E-state index is 13.1. The van der Waals surface area contributed by atoms with Crippen molar-refractivity contribution in [2.75, 3.05) is 0 Å². The van der Waals surface area contributed by atoms with Crippen molar-refractivity contribution in [3.63, 3.8) is 0 Å². The predicted octanol–water partition coefficient (Wildman–Crippen LogP) is 6.15. The van der Waals surface area contributed by atoms with E-state index in [4.69, 9.17) is 15.3 Å². The van der Waals surface area contributed by atoms with Gasteiger partial charge in [-0.25, -0.2) is 9.69 Å². The SMILES string of the molecule is Cc1ccc(-c2nn(-c3ccccc3)cc2C2=NN(C(=O)CCC(=O)O)C(c3ccc(Br)cc3)C2)cc1. The molecule has 1 amide bonds. The van der Waals surface area contributed by atoms with E-state index >= 15 is 0 Å². The zero-order valence-electron chi connectivity index (χ0n) is 20.2. The summed E-state index contributed by atoms with van der Waals surface area (Å²) in [4.78, 5) is 24.3. The van der Waals surface area contributed by atoms with Gasteiger partial charge in [0, 0.05) is 34.6 Å². The number of hydrogen-bond donors (Lipinski definition) is 1. The normalized spacial score (nSPS) is 15.0. The van der Waals surface area contributed by atoms with Crippen LogP contribution in [0.2, 0.25) is 0 Å². The van der Waals surface area contributed by atoms with E-state index in [1.165, 1.54) is 5.01 Å². The molecule has 5 rings (SSSR count). The van der Waals surface area contributed by atoms with Gasteiger partial charge in [-0.15, -0.1) is 0 Å². The Morgan fingerprint density at radius 3 is 2.35 bits per heavy atom. The number of carbonyl (C=O) groups excluding carboxylic acids is 1. The van der Waals surface area contributed by atoms with E-state index < -0.39 is 5.97 Å². The number of hydrogen-bond acceptors (Lipinski definition) is 4. The molecule has 2 heterocycles. The Hall–Kier alpha value is -4.04. The van der Waals surface area contributed by atoms with Gasteiger partial charge in [0.1, 0.15) is 5.69 Å². The minimum Gasteiger partial charge on any atom is -0.481 e. The molecule has 37 heavy (non-hydrogen) atoms. The molecule has 1 atom stereocenters. The van der Waals surface area contributed by atoms with Gasteiger partial charge in [-0.1, -0.05) is 76.1 Å². The molecule has 0 aliphatic carbocycles. The zero-order chi connectivity index (χ0) is 25.9. The van der Waals surface area contributed by atoms with Crippen LogP contribution in [0.4, 0.5) is 0 Å². The number of aliphatic carboxylic acids is 1. The Morgan fingerprint density at radius 1 is 0.973 bits per heavy atom. The molecule has 4 aromatic rings. The zero-order valence-corrected chi connectivity index (χ0v) is 21.8. The van der Waals surface area contributed by atoms with Gasteiger partial charge in [0.15, 0.2) is 0 Å². The molecule has 1 aromatic heterocycles. The highest BCUT2D eigenvalue weighted by Gasteiger charge is 2.34. The fourth-order valence-corrected chi connectivity index (χ4v) is 4.66. The monoisotopic (exact) mass is 556 g/mol. The number of para-hydroxylation sites is 1. The van der Waals surface area contributed by atoms with Crippen molar-refractivity contribution in [3.05, 3.63) is 106 Å². The fraction of sp³-hybridized carbons (Fsp3) is 0.172. The number of halogens is 1. The quantitative estimate of drug-likeness (QED) is 0.295. The van der Waals surface area contributed by atoms with E-state index in [1.807, 2.05) is 96.7 Å². The molecule has 0 bridgehead atoms. The summed E-state index contributed by atoms with van der Waals surface area (Å²) in [6.45, 7) is 2.04. The Balaban J connectivity index is 1.59. The van der Waals surface area contributed by atoms with Gasteiger partial charge in [-0.3, -0.25) is 9.59 Å². The van der Waals surface area contributed by atoms with E-state index in [1.54, 1.807) is 0 Å². The van der Waals surface area contributed by atoms with Gasteiger partial charge in [-0.05, 0) is 36.8 Å². The van der Waals surface area contributed by atoms with Crippen molar-refractivity contribution in [2.45, 2.75) is 32.2 Å². The Bertz CT molecular complexity index is 1460. The minimum absolute atomic E-state index is 0.118. The predicted molar refractivity (Wildman–Crippen MR) is 145 cm³/mol. The molecule has 1 aliphatic heterocycles. The number of nitrogens with zero attached hydrogens (tertiary/aromatic N) is 4. The van der Waals surface area contributed by atoms with Crippen LogP contribution in [0.1, 0.15) is 42.0 Å². The van der Waals surface area contributed by atoms with E-state index in [0.29, 0.717) is 6.42 Å². The van der Waals surface area contributed by atoms with Gasteiger partial charge >= 0.3 is 5.97 Å². The molecule has 0 saturated carbocycles. The van der Waals surface area contributed by atoms with Crippen molar-refractivity contribution >= 4 is 33.5 Å². The number of benzene rings is 3. The second kappa shape index (κ2) is 10.5.